The Morgan fingerprint density at radius 3 is 2.30 bits per heavy atom. The highest BCUT2D eigenvalue weighted by Crippen LogP contribution is 2.36. The molecule has 0 bridgehead atoms. The Kier molecular flexibility index (Phi) is 7.94. The van der Waals surface area contributed by atoms with Crippen LogP contribution in [0.3, 0.4) is 0 Å². The quantitative estimate of drug-likeness (QED) is 0.474. The van der Waals surface area contributed by atoms with Gasteiger partial charge < -0.3 is 24.1 Å². The number of carbonyl (C=O) groups is 3. The molecule has 1 aromatic heterocycles. The van der Waals surface area contributed by atoms with Crippen LogP contribution in [0.25, 0.3) is 0 Å². The standard InChI is InChI=1S/C26H25N3O8/c1-34-18-13-19(29(14-18)26(33)36-15-16-9-5-3-6-10-16)22-27-20(25(32)35-2)21(23(30)28-22)37-24(31)17-11-7-4-8-12-17/h3-12,18-19H,13-15H2,1-2H3,(H,27,28,30)/t18-,19+/m1/s1. The normalized spacial score (nSPS) is 16.8. The smallest absolute Gasteiger partial charge is 0.410 e. The van der Waals surface area contributed by atoms with E-state index in [1.165, 1.54) is 24.1 Å². The first-order valence-electron chi connectivity index (χ1n) is 11.4. The molecule has 1 amide bonds. The topological polar surface area (TPSA) is 137 Å². The lowest BCUT2D eigenvalue weighted by Crippen LogP contribution is -2.33. The molecule has 2 aromatic carbocycles. The minimum atomic E-state index is -0.964. The fourth-order valence-electron chi connectivity index (χ4n) is 3.88. The van der Waals surface area contributed by atoms with Gasteiger partial charge in [-0.25, -0.2) is 19.4 Å². The Balaban J connectivity index is 1.62. The van der Waals surface area contributed by atoms with Gasteiger partial charge in [0.1, 0.15) is 6.61 Å². The molecule has 0 saturated carbocycles. The minimum Gasteiger partial charge on any atom is -0.491 e. The van der Waals surface area contributed by atoms with Crippen molar-refractivity contribution in [3.63, 3.8) is 0 Å². The van der Waals surface area contributed by atoms with Crippen molar-refractivity contribution in [2.45, 2.75) is 25.2 Å². The molecule has 1 aliphatic rings. The summed E-state index contributed by atoms with van der Waals surface area (Å²) in [5.74, 6) is -3.16. The number of amides is 1. The lowest BCUT2D eigenvalue weighted by atomic mass is 10.1. The number of hydrogen-bond donors (Lipinski definition) is 1. The summed E-state index contributed by atoms with van der Waals surface area (Å²) in [7, 11) is 2.62. The third kappa shape index (κ3) is 5.84. The van der Waals surface area contributed by atoms with Crippen LogP contribution in [0.4, 0.5) is 4.79 Å². The molecule has 2 atom stereocenters. The first-order valence-corrected chi connectivity index (χ1v) is 11.4. The van der Waals surface area contributed by atoms with Crippen molar-refractivity contribution < 1.29 is 38.4 Å². The molecule has 1 saturated heterocycles. The van der Waals surface area contributed by atoms with Crippen LogP contribution in [-0.4, -0.2) is 64.9 Å². The number of nitrogens with zero attached hydrogens (tertiary/aromatic N) is 3. The van der Waals surface area contributed by atoms with Crippen LogP contribution in [-0.2, 0) is 20.8 Å². The van der Waals surface area contributed by atoms with E-state index in [2.05, 4.69) is 9.97 Å². The molecule has 3 aromatic rings. The van der Waals surface area contributed by atoms with Gasteiger partial charge in [-0.3, -0.25) is 4.90 Å². The Labute approximate surface area is 212 Å². The Morgan fingerprint density at radius 2 is 1.65 bits per heavy atom. The average Bonchev–Trinajstić information content (AvgIpc) is 3.38. The van der Waals surface area contributed by atoms with E-state index in [0.717, 1.165) is 12.7 Å². The van der Waals surface area contributed by atoms with Crippen molar-refractivity contribution in [3.8, 4) is 11.6 Å². The molecule has 1 aliphatic heterocycles. The van der Waals surface area contributed by atoms with E-state index in [0.29, 0.717) is 0 Å². The predicted molar refractivity (Wildman–Crippen MR) is 128 cm³/mol. The summed E-state index contributed by atoms with van der Waals surface area (Å²) in [6.07, 6.45) is -0.729. The molecule has 1 N–H and O–H groups in total. The van der Waals surface area contributed by atoms with E-state index in [1.54, 1.807) is 18.2 Å². The predicted octanol–water partition coefficient (Wildman–Crippen LogP) is 3.29. The van der Waals surface area contributed by atoms with E-state index in [4.69, 9.17) is 18.9 Å². The van der Waals surface area contributed by atoms with Crippen molar-refractivity contribution in [3.05, 3.63) is 83.3 Å². The van der Waals surface area contributed by atoms with Gasteiger partial charge in [-0.1, -0.05) is 48.5 Å². The molecule has 0 unspecified atom stereocenters. The van der Waals surface area contributed by atoms with Crippen LogP contribution in [0.15, 0.2) is 60.7 Å². The summed E-state index contributed by atoms with van der Waals surface area (Å²) in [6.45, 7) is 0.228. The van der Waals surface area contributed by atoms with Gasteiger partial charge in [-0.15, -0.1) is 0 Å². The number of rotatable bonds is 7. The van der Waals surface area contributed by atoms with Crippen LogP contribution in [0, 0.1) is 0 Å². The second-order valence-corrected chi connectivity index (χ2v) is 8.13. The molecular weight excluding hydrogens is 482 g/mol. The molecule has 0 radical (unpaired) electrons. The van der Waals surface area contributed by atoms with Crippen LogP contribution in [0.1, 0.15) is 44.7 Å². The molecule has 11 heteroatoms. The van der Waals surface area contributed by atoms with Crippen molar-refractivity contribution in [2.75, 3.05) is 20.8 Å². The maximum atomic E-state index is 13.0. The summed E-state index contributed by atoms with van der Waals surface area (Å²) in [5.41, 5.74) is 0.530. The van der Waals surface area contributed by atoms with Crippen molar-refractivity contribution in [1.82, 2.24) is 14.9 Å². The number of ether oxygens (including phenoxy) is 4. The van der Waals surface area contributed by atoms with Gasteiger partial charge >= 0.3 is 18.0 Å². The van der Waals surface area contributed by atoms with Gasteiger partial charge in [-0.2, -0.15) is 4.98 Å². The van der Waals surface area contributed by atoms with Gasteiger partial charge in [0.05, 0.1) is 31.4 Å². The van der Waals surface area contributed by atoms with E-state index in [9.17, 15) is 19.5 Å². The number of hydrogen-bond acceptors (Lipinski definition) is 10. The molecule has 4 rings (SSSR count). The number of likely N-dealkylation sites (tertiary alicyclic amines) is 1. The summed E-state index contributed by atoms with van der Waals surface area (Å²) >= 11 is 0. The fourth-order valence-corrected chi connectivity index (χ4v) is 3.88. The Morgan fingerprint density at radius 1 is 0.973 bits per heavy atom. The van der Waals surface area contributed by atoms with Crippen LogP contribution < -0.4 is 4.74 Å². The number of aromatic hydroxyl groups is 1. The SMILES string of the molecule is COC(=O)c1nc([C@@H]2C[C@@H](OC)CN2C(=O)OCc2ccccc2)nc(O)c1OC(=O)c1ccccc1. The fraction of sp³-hybridized carbons (Fsp3) is 0.269. The van der Waals surface area contributed by atoms with Gasteiger partial charge in [0.15, 0.2) is 11.5 Å². The van der Waals surface area contributed by atoms with Gasteiger partial charge in [0.2, 0.25) is 5.75 Å². The van der Waals surface area contributed by atoms with Gasteiger partial charge in [0, 0.05) is 13.5 Å². The first kappa shape index (κ1) is 25.6. The lowest BCUT2D eigenvalue weighted by molar-refractivity contribution is 0.0581. The second kappa shape index (κ2) is 11.5. The van der Waals surface area contributed by atoms with Crippen molar-refractivity contribution in [2.24, 2.45) is 0 Å². The van der Waals surface area contributed by atoms with E-state index >= 15 is 0 Å². The minimum absolute atomic E-state index is 0.0500. The lowest BCUT2D eigenvalue weighted by Gasteiger charge is -2.23. The van der Waals surface area contributed by atoms with E-state index in [1.807, 2.05) is 30.3 Å². The van der Waals surface area contributed by atoms with Gasteiger partial charge in [-0.05, 0) is 17.7 Å². The first-order chi connectivity index (χ1) is 17.9. The average molecular weight is 507 g/mol. The largest absolute Gasteiger partial charge is 0.491 e. The van der Waals surface area contributed by atoms with E-state index in [-0.39, 0.29) is 37.1 Å². The Bertz CT molecular complexity index is 1270. The monoisotopic (exact) mass is 507 g/mol. The van der Waals surface area contributed by atoms with Crippen molar-refractivity contribution >= 4 is 18.0 Å². The third-order valence-electron chi connectivity index (χ3n) is 5.78. The molecule has 37 heavy (non-hydrogen) atoms. The number of methoxy groups -OCH3 is 2. The summed E-state index contributed by atoms with van der Waals surface area (Å²) in [5, 5.41) is 10.7. The molecule has 0 spiro atoms. The third-order valence-corrected chi connectivity index (χ3v) is 5.78. The Hall–Kier alpha value is -4.51. The maximum Gasteiger partial charge on any atom is 0.410 e. The van der Waals surface area contributed by atoms with Gasteiger partial charge in [0.25, 0.3) is 5.88 Å². The number of carbonyl (C=O) groups excluding carboxylic acids is 3. The number of benzene rings is 2. The molecule has 1 fully saturated rings. The molecule has 11 nitrogen and oxygen atoms in total. The zero-order chi connectivity index (χ0) is 26.4. The summed E-state index contributed by atoms with van der Waals surface area (Å²) in [4.78, 5) is 47.7. The molecule has 0 aliphatic carbocycles. The molecule has 2 heterocycles. The number of aromatic nitrogens is 2. The molecular formula is C26H25N3O8. The summed E-state index contributed by atoms with van der Waals surface area (Å²) in [6, 6.07) is 16.4. The van der Waals surface area contributed by atoms with Crippen LogP contribution >= 0.6 is 0 Å². The summed E-state index contributed by atoms with van der Waals surface area (Å²) < 4.78 is 20.9. The highest BCUT2D eigenvalue weighted by Gasteiger charge is 2.40. The van der Waals surface area contributed by atoms with Crippen molar-refractivity contribution in [1.29, 1.82) is 0 Å². The highest BCUT2D eigenvalue weighted by atomic mass is 16.6. The van der Waals surface area contributed by atoms with Crippen LogP contribution in [0.2, 0.25) is 0 Å². The van der Waals surface area contributed by atoms with Crippen LogP contribution in [0.5, 0.6) is 11.6 Å². The maximum absolute atomic E-state index is 13.0. The molecule has 192 valence electrons. The highest BCUT2D eigenvalue weighted by molar-refractivity contribution is 5.95. The van der Waals surface area contributed by atoms with E-state index < -0.39 is 41.4 Å². The zero-order valence-corrected chi connectivity index (χ0v) is 20.2. The number of esters is 2. The zero-order valence-electron chi connectivity index (χ0n) is 20.2. The second-order valence-electron chi connectivity index (χ2n) is 8.13.